The van der Waals surface area contributed by atoms with Gasteiger partial charge in [0.2, 0.25) is 17.8 Å². The van der Waals surface area contributed by atoms with E-state index in [0.717, 1.165) is 19.1 Å². The lowest BCUT2D eigenvalue weighted by atomic mass is 10.1. The molecule has 208 valence electrons. The number of hydrogen-bond donors (Lipinski definition) is 3. The third-order valence-corrected chi connectivity index (χ3v) is 4.95. The van der Waals surface area contributed by atoms with Gasteiger partial charge in [0.05, 0.1) is 12.8 Å². The Morgan fingerprint density at radius 3 is 2.38 bits per heavy atom. The predicted molar refractivity (Wildman–Crippen MR) is 136 cm³/mol. The second kappa shape index (κ2) is 12.9. The van der Waals surface area contributed by atoms with Crippen molar-refractivity contribution in [1.82, 2.24) is 20.3 Å². The van der Waals surface area contributed by atoms with Crippen molar-refractivity contribution in [2.75, 3.05) is 42.3 Å². The number of hydrazone groups is 1. The van der Waals surface area contributed by atoms with Gasteiger partial charge >= 0.3 is 6.36 Å². The summed E-state index contributed by atoms with van der Waals surface area (Å²) in [6, 6.07) is 10.5. The van der Waals surface area contributed by atoms with E-state index in [2.05, 4.69) is 40.8 Å². The third-order valence-electron chi connectivity index (χ3n) is 4.95. The smallest absolute Gasteiger partial charge is 0.406 e. The molecule has 10 nitrogen and oxygen atoms in total. The minimum atomic E-state index is -4.83. The van der Waals surface area contributed by atoms with E-state index >= 15 is 0 Å². The number of aromatic nitrogens is 3. The van der Waals surface area contributed by atoms with Crippen LogP contribution in [0.25, 0.3) is 0 Å². The Labute approximate surface area is 220 Å². The Kier molecular flexibility index (Phi) is 9.65. The number of carbonyl (C=O) groups is 1. The predicted octanol–water partition coefficient (Wildman–Crippen LogP) is 4.30. The highest BCUT2D eigenvalue weighted by Gasteiger charge is 2.31. The molecule has 0 radical (unpaired) electrons. The molecular formula is C24H25F5N8O2. The van der Waals surface area contributed by atoms with Crippen LogP contribution in [0.5, 0.6) is 5.75 Å². The third kappa shape index (κ3) is 9.45. The Morgan fingerprint density at radius 2 is 1.74 bits per heavy atom. The molecule has 1 aromatic heterocycles. The van der Waals surface area contributed by atoms with Crippen LogP contribution in [0.1, 0.15) is 18.1 Å². The molecule has 0 bridgehead atoms. The molecule has 3 aromatic rings. The lowest BCUT2D eigenvalue weighted by Crippen LogP contribution is -2.34. The minimum Gasteiger partial charge on any atom is -0.406 e. The standard InChI is InChI=1S/C24H25F5N8O2/c1-23(25,26)17-5-3-4-16(14-17)15-31-36-21-33-20(34-22(35-21)37(12-13-38)11-10-30-2)32-18-6-8-19(9-7-18)39-24(27,28)29/h3-9,13-15,30H,10-12H2,1-2H3,(H2,32,33,34,35,36)/b31-15+. The lowest BCUT2D eigenvalue weighted by molar-refractivity contribution is -0.274. The molecule has 15 heteroatoms. The average Bonchev–Trinajstić information content (AvgIpc) is 2.86. The first kappa shape index (κ1) is 29.2. The van der Waals surface area contributed by atoms with E-state index in [1.807, 2.05) is 0 Å². The first-order valence-electron chi connectivity index (χ1n) is 11.5. The maximum absolute atomic E-state index is 13.6. The first-order valence-corrected chi connectivity index (χ1v) is 11.5. The number of alkyl halides is 5. The topological polar surface area (TPSA) is 117 Å². The number of nitrogens with zero attached hydrogens (tertiary/aromatic N) is 5. The number of benzene rings is 2. The van der Waals surface area contributed by atoms with Gasteiger partial charge in [0.1, 0.15) is 12.0 Å². The number of anilines is 4. The van der Waals surface area contributed by atoms with Gasteiger partial charge in [-0.2, -0.15) is 20.1 Å². The van der Waals surface area contributed by atoms with Crippen LogP contribution in [0.4, 0.5) is 45.5 Å². The summed E-state index contributed by atoms with van der Waals surface area (Å²) in [5, 5.41) is 9.82. The summed E-state index contributed by atoms with van der Waals surface area (Å²) >= 11 is 0. The van der Waals surface area contributed by atoms with E-state index in [-0.39, 0.29) is 30.0 Å². The van der Waals surface area contributed by atoms with Crippen molar-refractivity contribution in [2.45, 2.75) is 19.2 Å². The van der Waals surface area contributed by atoms with E-state index in [1.54, 1.807) is 18.0 Å². The Balaban J connectivity index is 1.86. The zero-order chi connectivity index (χ0) is 28.5. The quantitative estimate of drug-likeness (QED) is 0.124. The largest absolute Gasteiger partial charge is 0.573 e. The molecule has 0 aliphatic heterocycles. The number of hydrogen-bond acceptors (Lipinski definition) is 10. The van der Waals surface area contributed by atoms with Crippen LogP contribution in [-0.2, 0) is 10.7 Å². The van der Waals surface area contributed by atoms with Crippen LogP contribution >= 0.6 is 0 Å². The number of ether oxygens (including phenoxy) is 1. The molecule has 0 amide bonds. The normalized spacial score (nSPS) is 11.9. The lowest BCUT2D eigenvalue weighted by Gasteiger charge is -2.20. The SMILES string of the molecule is CNCCN(CC=O)c1nc(N/N=C/c2cccc(C(C)(F)F)c2)nc(Nc2ccc(OC(F)(F)F)cc2)n1. The molecule has 0 spiro atoms. The summed E-state index contributed by atoms with van der Waals surface area (Å²) < 4.78 is 68.4. The van der Waals surface area contributed by atoms with Crippen molar-refractivity contribution in [3.05, 3.63) is 59.7 Å². The zero-order valence-corrected chi connectivity index (χ0v) is 20.8. The monoisotopic (exact) mass is 552 g/mol. The summed E-state index contributed by atoms with van der Waals surface area (Å²) in [4.78, 5) is 25.6. The Bertz CT molecular complexity index is 1270. The van der Waals surface area contributed by atoms with E-state index < -0.39 is 18.0 Å². The first-order chi connectivity index (χ1) is 18.5. The Hall–Kier alpha value is -4.40. The molecule has 0 saturated heterocycles. The van der Waals surface area contributed by atoms with Crippen LogP contribution in [-0.4, -0.2) is 60.5 Å². The molecule has 0 atom stereocenters. The van der Waals surface area contributed by atoms with Gasteiger partial charge in [-0.3, -0.25) is 0 Å². The second-order valence-electron chi connectivity index (χ2n) is 8.08. The van der Waals surface area contributed by atoms with E-state index in [9.17, 15) is 26.7 Å². The molecule has 3 N–H and O–H groups in total. The van der Waals surface area contributed by atoms with Crippen LogP contribution in [0, 0.1) is 0 Å². The van der Waals surface area contributed by atoms with Gasteiger partial charge < -0.3 is 25.1 Å². The highest BCUT2D eigenvalue weighted by atomic mass is 19.4. The maximum Gasteiger partial charge on any atom is 0.573 e. The molecule has 2 aromatic carbocycles. The number of rotatable bonds is 13. The highest BCUT2D eigenvalue weighted by molar-refractivity contribution is 5.80. The zero-order valence-electron chi connectivity index (χ0n) is 20.8. The number of nitrogens with one attached hydrogen (secondary N) is 3. The fourth-order valence-corrected chi connectivity index (χ4v) is 3.15. The summed E-state index contributed by atoms with van der Waals surface area (Å²) in [6.07, 6.45) is -2.85. The average molecular weight is 553 g/mol. The van der Waals surface area contributed by atoms with E-state index in [1.165, 1.54) is 36.5 Å². The van der Waals surface area contributed by atoms with Crippen LogP contribution in [0.15, 0.2) is 53.6 Å². The van der Waals surface area contributed by atoms with Crippen LogP contribution < -0.4 is 25.7 Å². The van der Waals surface area contributed by atoms with Gasteiger partial charge in [0, 0.05) is 31.3 Å². The van der Waals surface area contributed by atoms with E-state index in [4.69, 9.17) is 0 Å². The molecule has 0 fully saturated rings. The van der Waals surface area contributed by atoms with Gasteiger partial charge in [0.25, 0.3) is 5.92 Å². The Morgan fingerprint density at radius 1 is 1.03 bits per heavy atom. The molecule has 0 unspecified atom stereocenters. The second-order valence-corrected chi connectivity index (χ2v) is 8.08. The maximum atomic E-state index is 13.6. The number of likely N-dealkylation sites (N-methyl/N-ethyl adjacent to an activating group) is 1. The molecule has 0 aliphatic carbocycles. The summed E-state index contributed by atoms with van der Waals surface area (Å²) in [6.45, 7) is 1.62. The van der Waals surface area contributed by atoms with Crippen molar-refractivity contribution in [2.24, 2.45) is 5.10 Å². The minimum absolute atomic E-state index is 0.00447. The summed E-state index contributed by atoms with van der Waals surface area (Å²) in [5.74, 6) is -3.37. The van der Waals surface area contributed by atoms with Crippen LogP contribution in [0.2, 0.25) is 0 Å². The van der Waals surface area contributed by atoms with Crippen molar-refractivity contribution < 1.29 is 31.5 Å². The van der Waals surface area contributed by atoms with Gasteiger partial charge in [-0.05, 0) is 42.9 Å². The van der Waals surface area contributed by atoms with Crippen molar-refractivity contribution >= 4 is 36.0 Å². The summed E-state index contributed by atoms with van der Waals surface area (Å²) in [7, 11) is 1.73. The van der Waals surface area contributed by atoms with Crippen molar-refractivity contribution in [3.8, 4) is 5.75 Å². The van der Waals surface area contributed by atoms with Gasteiger partial charge in [0.15, 0.2) is 0 Å². The molecule has 0 aliphatic rings. The summed E-state index contributed by atoms with van der Waals surface area (Å²) in [5.41, 5.74) is 3.16. The van der Waals surface area contributed by atoms with Gasteiger partial charge in [-0.1, -0.05) is 18.2 Å². The molecule has 0 saturated carbocycles. The van der Waals surface area contributed by atoms with E-state index in [0.29, 0.717) is 30.6 Å². The van der Waals surface area contributed by atoms with Gasteiger partial charge in [-0.15, -0.1) is 13.2 Å². The van der Waals surface area contributed by atoms with Crippen molar-refractivity contribution in [3.63, 3.8) is 0 Å². The highest BCUT2D eigenvalue weighted by Crippen LogP contribution is 2.27. The molecule has 3 rings (SSSR count). The molecular weight excluding hydrogens is 527 g/mol. The molecule has 1 heterocycles. The fraction of sp³-hybridized carbons (Fsp3) is 0.292. The van der Waals surface area contributed by atoms with Crippen molar-refractivity contribution in [1.29, 1.82) is 0 Å². The van der Waals surface area contributed by atoms with Gasteiger partial charge in [-0.25, -0.2) is 14.2 Å². The number of aldehydes is 1. The number of carbonyl (C=O) groups excluding carboxylic acids is 1. The number of halogens is 5. The molecule has 39 heavy (non-hydrogen) atoms. The fourth-order valence-electron chi connectivity index (χ4n) is 3.15. The van der Waals surface area contributed by atoms with Crippen LogP contribution in [0.3, 0.4) is 0 Å².